The topological polar surface area (TPSA) is 12.0 Å². The second-order valence-electron chi connectivity index (χ2n) is 4.78. The molecule has 4 atom stereocenters. The largest absolute Gasteiger partial charge is 0.311 e. The van der Waals surface area contributed by atoms with Crippen LogP contribution in [0.1, 0.15) is 33.6 Å². The van der Waals surface area contributed by atoms with Crippen molar-refractivity contribution in [3.63, 3.8) is 0 Å². The van der Waals surface area contributed by atoms with Crippen molar-refractivity contribution in [3.05, 3.63) is 0 Å². The van der Waals surface area contributed by atoms with Gasteiger partial charge in [0.15, 0.2) is 0 Å². The fourth-order valence-corrected chi connectivity index (χ4v) is 2.67. The normalized spacial score (nSPS) is 44.2. The standard InChI is InChI=1S/C12H19N/c1-4-5-9(2)10-8-11(10)12(3)6-7-13-12/h9-11,13H,6-8H2,1-3H3. The smallest absolute Gasteiger partial charge is 0.0206 e. The zero-order valence-corrected chi connectivity index (χ0v) is 8.85. The van der Waals surface area contributed by atoms with Gasteiger partial charge in [0.2, 0.25) is 0 Å². The van der Waals surface area contributed by atoms with E-state index in [1.54, 1.807) is 0 Å². The van der Waals surface area contributed by atoms with Gasteiger partial charge in [0.05, 0.1) is 0 Å². The number of rotatable bonds is 2. The fourth-order valence-electron chi connectivity index (χ4n) is 2.67. The molecule has 0 bridgehead atoms. The molecule has 1 nitrogen and oxygen atoms in total. The van der Waals surface area contributed by atoms with Crippen molar-refractivity contribution in [1.29, 1.82) is 0 Å². The first-order chi connectivity index (χ1) is 6.17. The van der Waals surface area contributed by atoms with Crippen molar-refractivity contribution in [2.24, 2.45) is 17.8 Å². The minimum absolute atomic E-state index is 0.467. The predicted octanol–water partition coefficient (Wildman–Crippen LogP) is 2.03. The summed E-state index contributed by atoms with van der Waals surface area (Å²) in [4.78, 5) is 0. The monoisotopic (exact) mass is 177 g/mol. The van der Waals surface area contributed by atoms with E-state index in [-0.39, 0.29) is 0 Å². The predicted molar refractivity (Wildman–Crippen MR) is 55.2 cm³/mol. The molecule has 1 saturated heterocycles. The summed E-state index contributed by atoms with van der Waals surface area (Å²) in [7, 11) is 0. The van der Waals surface area contributed by atoms with Gasteiger partial charge in [0, 0.05) is 11.5 Å². The van der Waals surface area contributed by atoms with Crippen LogP contribution >= 0.6 is 0 Å². The molecule has 13 heavy (non-hydrogen) atoms. The molecule has 0 spiro atoms. The highest BCUT2D eigenvalue weighted by atomic mass is 15.1. The van der Waals surface area contributed by atoms with E-state index >= 15 is 0 Å². The molecule has 1 aliphatic heterocycles. The Morgan fingerprint density at radius 3 is 2.69 bits per heavy atom. The summed E-state index contributed by atoms with van der Waals surface area (Å²) in [5.74, 6) is 8.68. The molecule has 1 N–H and O–H groups in total. The second-order valence-corrected chi connectivity index (χ2v) is 4.78. The maximum Gasteiger partial charge on any atom is 0.0206 e. The van der Waals surface area contributed by atoms with E-state index in [1.165, 1.54) is 19.4 Å². The average Bonchev–Trinajstić information content (AvgIpc) is 2.80. The molecule has 0 aromatic carbocycles. The van der Waals surface area contributed by atoms with Gasteiger partial charge in [-0.15, -0.1) is 11.8 Å². The summed E-state index contributed by atoms with van der Waals surface area (Å²) in [6.07, 6.45) is 2.75. The van der Waals surface area contributed by atoms with Crippen molar-refractivity contribution in [2.75, 3.05) is 6.54 Å². The maximum absolute atomic E-state index is 3.56. The van der Waals surface area contributed by atoms with E-state index in [0.717, 1.165) is 11.8 Å². The molecule has 1 aliphatic carbocycles. The Morgan fingerprint density at radius 1 is 1.54 bits per heavy atom. The van der Waals surface area contributed by atoms with E-state index in [4.69, 9.17) is 0 Å². The van der Waals surface area contributed by atoms with E-state index in [2.05, 4.69) is 31.0 Å². The van der Waals surface area contributed by atoms with E-state index in [0.29, 0.717) is 11.5 Å². The van der Waals surface area contributed by atoms with Crippen LogP contribution in [0, 0.1) is 29.6 Å². The van der Waals surface area contributed by atoms with Crippen LogP contribution in [-0.2, 0) is 0 Å². The lowest BCUT2D eigenvalue weighted by molar-refractivity contribution is 0.185. The third-order valence-electron chi connectivity index (χ3n) is 3.85. The van der Waals surface area contributed by atoms with Gasteiger partial charge >= 0.3 is 0 Å². The summed E-state index contributed by atoms with van der Waals surface area (Å²) in [5, 5.41) is 3.56. The minimum atomic E-state index is 0.467. The Kier molecular flexibility index (Phi) is 2.12. The SMILES string of the molecule is CC#CC(C)C1CC1C1(C)CCN1. The Balaban J connectivity index is 1.90. The number of hydrogen-bond acceptors (Lipinski definition) is 1. The first-order valence-electron chi connectivity index (χ1n) is 5.34. The van der Waals surface area contributed by atoms with Crippen LogP contribution in [0.4, 0.5) is 0 Å². The lowest BCUT2D eigenvalue weighted by Crippen LogP contribution is -2.56. The van der Waals surface area contributed by atoms with Gasteiger partial charge in [-0.2, -0.15) is 0 Å². The Bertz CT molecular complexity index is 254. The van der Waals surface area contributed by atoms with Gasteiger partial charge in [-0.05, 0) is 45.1 Å². The Hall–Kier alpha value is -0.480. The molecule has 1 saturated carbocycles. The molecule has 0 aromatic rings. The summed E-state index contributed by atoms with van der Waals surface area (Å²) < 4.78 is 0. The van der Waals surface area contributed by atoms with Crippen LogP contribution in [0.2, 0.25) is 0 Å². The molecule has 72 valence electrons. The molecule has 0 amide bonds. The highest BCUT2D eigenvalue weighted by Gasteiger charge is 2.53. The lowest BCUT2D eigenvalue weighted by Gasteiger charge is -2.41. The molecule has 2 aliphatic rings. The molecule has 1 heterocycles. The fraction of sp³-hybridized carbons (Fsp3) is 0.833. The molecular formula is C12H19N. The zero-order chi connectivity index (χ0) is 9.47. The second kappa shape index (κ2) is 3.03. The first kappa shape index (κ1) is 9.09. The van der Waals surface area contributed by atoms with Crippen molar-refractivity contribution in [3.8, 4) is 11.8 Å². The first-order valence-corrected chi connectivity index (χ1v) is 5.34. The van der Waals surface area contributed by atoms with E-state index in [9.17, 15) is 0 Å². The van der Waals surface area contributed by atoms with Gasteiger partial charge in [-0.3, -0.25) is 0 Å². The summed E-state index contributed by atoms with van der Waals surface area (Å²) >= 11 is 0. The zero-order valence-electron chi connectivity index (χ0n) is 8.85. The molecule has 2 rings (SSSR count). The van der Waals surface area contributed by atoms with Gasteiger partial charge in [-0.1, -0.05) is 6.92 Å². The van der Waals surface area contributed by atoms with Crippen LogP contribution in [-0.4, -0.2) is 12.1 Å². The molecule has 2 fully saturated rings. The average molecular weight is 177 g/mol. The van der Waals surface area contributed by atoms with Crippen LogP contribution < -0.4 is 5.32 Å². The van der Waals surface area contributed by atoms with Gasteiger partial charge in [-0.25, -0.2) is 0 Å². The number of nitrogens with one attached hydrogen (secondary N) is 1. The highest BCUT2D eigenvalue weighted by molar-refractivity contribution is 5.14. The summed E-state index contributed by atoms with van der Waals surface area (Å²) in [6.45, 7) is 7.79. The van der Waals surface area contributed by atoms with Crippen molar-refractivity contribution in [1.82, 2.24) is 5.32 Å². The summed E-state index contributed by atoms with van der Waals surface area (Å²) in [6, 6.07) is 0. The molecule has 1 heteroatoms. The van der Waals surface area contributed by atoms with Gasteiger partial charge in [0.25, 0.3) is 0 Å². The van der Waals surface area contributed by atoms with Crippen LogP contribution in [0.5, 0.6) is 0 Å². The van der Waals surface area contributed by atoms with Crippen LogP contribution in [0.25, 0.3) is 0 Å². The van der Waals surface area contributed by atoms with Crippen molar-refractivity contribution in [2.45, 2.75) is 39.2 Å². The third-order valence-corrected chi connectivity index (χ3v) is 3.85. The highest BCUT2D eigenvalue weighted by Crippen LogP contribution is 2.53. The summed E-state index contributed by atoms with van der Waals surface area (Å²) in [5.41, 5.74) is 0.467. The maximum atomic E-state index is 3.56. The Morgan fingerprint density at radius 2 is 2.23 bits per heavy atom. The van der Waals surface area contributed by atoms with Gasteiger partial charge in [0.1, 0.15) is 0 Å². The molecule has 0 aromatic heterocycles. The van der Waals surface area contributed by atoms with Crippen molar-refractivity contribution < 1.29 is 0 Å². The Labute approximate surface area is 81.3 Å². The van der Waals surface area contributed by atoms with Crippen LogP contribution in [0.15, 0.2) is 0 Å². The number of hydrogen-bond donors (Lipinski definition) is 1. The molecule has 0 radical (unpaired) electrons. The molecule has 4 unspecified atom stereocenters. The lowest BCUT2D eigenvalue weighted by atomic mass is 9.82. The molecular weight excluding hydrogens is 158 g/mol. The van der Waals surface area contributed by atoms with Gasteiger partial charge < -0.3 is 5.32 Å². The quantitative estimate of drug-likeness (QED) is 0.636. The van der Waals surface area contributed by atoms with Crippen molar-refractivity contribution >= 4 is 0 Å². The van der Waals surface area contributed by atoms with Crippen LogP contribution in [0.3, 0.4) is 0 Å². The third kappa shape index (κ3) is 1.48. The minimum Gasteiger partial charge on any atom is -0.311 e. The van der Waals surface area contributed by atoms with E-state index < -0.39 is 0 Å². The van der Waals surface area contributed by atoms with E-state index in [1.807, 2.05) is 6.92 Å².